The van der Waals surface area contributed by atoms with Gasteiger partial charge in [0.25, 0.3) is 0 Å². The summed E-state index contributed by atoms with van der Waals surface area (Å²) in [6.07, 6.45) is -1.61. The van der Waals surface area contributed by atoms with E-state index in [1.165, 1.54) is 22.9 Å². The number of sulfone groups is 1. The first-order chi connectivity index (χ1) is 14.2. The van der Waals surface area contributed by atoms with E-state index in [0.29, 0.717) is 13.1 Å². The van der Waals surface area contributed by atoms with E-state index in [1.807, 2.05) is 29.2 Å². The average Bonchev–Trinajstić information content (AvgIpc) is 3.17. The Labute approximate surface area is 171 Å². The number of hydrogen-bond donors (Lipinski definition) is 0. The van der Waals surface area contributed by atoms with E-state index in [0.717, 1.165) is 16.8 Å². The van der Waals surface area contributed by atoms with Gasteiger partial charge in [0.15, 0.2) is 15.6 Å². The molecule has 0 aliphatic carbocycles. The molecule has 0 spiro atoms. The van der Waals surface area contributed by atoms with E-state index in [9.17, 15) is 21.6 Å². The Bertz CT molecular complexity index is 1130. The van der Waals surface area contributed by atoms with Gasteiger partial charge in [0.1, 0.15) is 5.69 Å². The standard InChI is InChI=1S/C20H18F3N3O3S/c21-20(22,23)29-19-4-2-1-3-18(19)26-14-16(13-24-26)15-5-7-17(8-6-15)25-9-11-30(27,28)12-10-25/h1-8,13-14H,9-12H2. The van der Waals surface area contributed by atoms with Crippen molar-refractivity contribution < 1.29 is 26.3 Å². The minimum atomic E-state index is -4.80. The van der Waals surface area contributed by atoms with Crippen LogP contribution in [-0.4, -0.2) is 49.2 Å². The van der Waals surface area contributed by atoms with E-state index in [4.69, 9.17) is 0 Å². The second-order valence-electron chi connectivity index (χ2n) is 6.87. The highest BCUT2D eigenvalue weighted by molar-refractivity contribution is 7.91. The van der Waals surface area contributed by atoms with Crippen LogP contribution in [0.1, 0.15) is 0 Å². The van der Waals surface area contributed by atoms with Gasteiger partial charge in [-0.05, 0) is 29.8 Å². The molecule has 1 aliphatic rings. The zero-order chi connectivity index (χ0) is 21.4. The number of benzene rings is 2. The van der Waals surface area contributed by atoms with Crippen LogP contribution in [0, 0.1) is 0 Å². The maximum Gasteiger partial charge on any atom is 0.573 e. The molecule has 158 valence electrons. The Balaban J connectivity index is 1.54. The molecular formula is C20H18F3N3O3S. The molecule has 1 saturated heterocycles. The molecule has 6 nitrogen and oxygen atoms in total. The first kappa shape index (κ1) is 20.3. The molecule has 0 bridgehead atoms. The lowest BCUT2D eigenvalue weighted by Crippen LogP contribution is -2.40. The first-order valence-corrected chi connectivity index (χ1v) is 11.0. The van der Waals surface area contributed by atoms with Crippen LogP contribution in [0.2, 0.25) is 0 Å². The normalized spacial score (nSPS) is 16.4. The molecule has 0 N–H and O–H groups in total. The number of ether oxygens (including phenoxy) is 1. The van der Waals surface area contributed by atoms with Crippen LogP contribution in [-0.2, 0) is 9.84 Å². The monoisotopic (exact) mass is 437 g/mol. The maximum atomic E-state index is 12.7. The second-order valence-corrected chi connectivity index (χ2v) is 9.18. The Morgan fingerprint density at radius 1 is 0.933 bits per heavy atom. The van der Waals surface area contributed by atoms with Gasteiger partial charge in [-0.3, -0.25) is 0 Å². The Morgan fingerprint density at radius 3 is 2.27 bits per heavy atom. The minimum Gasteiger partial charge on any atom is -0.403 e. The molecule has 1 aliphatic heterocycles. The number of alkyl halides is 3. The van der Waals surface area contributed by atoms with Gasteiger partial charge >= 0.3 is 6.36 Å². The summed E-state index contributed by atoms with van der Waals surface area (Å²) in [6.45, 7) is 0.908. The molecule has 2 aromatic carbocycles. The highest BCUT2D eigenvalue weighted by Crippen LogP contribution is 2.30. The molecule has 0 atom stereocenters. The quantitative estimate of drug-likeness (QED) is 0.623. The van der Waals surface area contributed by atoms with Gasteiger partial charge in [-0.1, -0.05) is 24.3 Å². The van der Waals surface area contributed by atoms with Crippen molar-refractivity contribution >= 4 is 15.5 Å². The topological polar surface area (TPSA) is 64.4 Å². The van der Waals surface area contributed by atoms with Crippen LogP contribution in [0.3, 0.4) is 0 Å². The molecule has 0 saturated carbocycles. The largest absolute Gasteiger partial charge is 0.573 e. The Hall–Kier alpha value is -3.01. The minimum absolute atomic E-state index is 0.140. The molecular weight excluding hydrogens is 419 g/mol. The van der Waals surface area contributed by atoms with E-state index in [2.05, 4.69) is 9.84 Å². The number of halogens is 3. The van der Waals surface area contributed by atoms with Crippen molar-refractivity contribution in [1.29, 1.82) is 0 Å². The predicted molar refractivity (Wildman–Crippen MR) is 107 cm³/mol. The van der Waals surface area contributed by atoms with Gasteiger partial charge in [-0.2, -0.15) is 5.10 Å². The van der Waals surface area contributed by atoms with Crippen LogP contribution in [0.5, 0.6) is 5.75 Å². The van der Waals surface area contributed by atoms with Gasteiger partial charge in [0, 0.05) is 30.5 Å². The zero-order valence-electron chi connectivity index (χ0n) is 15.7. The third kappa shape index (κ3) is 4.59. The highest BCUT2D eigenvalue weighted by Gasteiger charge is 2.32. The maximum absolute atomic E-state index is 12.7. The Kier molecular flexibility index (Phi) is 5.19. The number of anilines is 1. The molecule has 2 heterocycles. The number of nitrogens with zero attached hydrogens (tertiary/aromatic N) is 3. The molecule has 3 aromatic rings. The van der Waals surface area contributed by atoms with E-state index >= 15 is 0 Å². The highest BCUT2D eigenvalue weighted by atomic mass is 32.2. The van der Waals surface area contributed by atoms with Crippen LogP contribution in [0.25, 0.3) is 16.8 Å². The van der Waals surface area contributed by atoms with Crippen molar-refractivity contribution in [3.05, 3.63) is 60.9 Å². The molecule has 10 heteroatoms. The van der Waals surface area contributed by atoms with Gasteiger partial charge in [0.2, 0.25) is 0 Å². The van der Waals surface area contributed by atoms with Crippen molar-refractivity contribution in [2.24, 2.45) is 0 Å². The van der Waals surface area contributed by atoms with Gasteiger partial charge < -0.3 is 9.64 Å². The van der Waals surface area contributed by atoms with Gasteiger partial charge in [-0.15, -0.1) is 13.2 Å². The van der Waals surface area contributed by atoms with E-state index in [-0.39, 0.29) is 22.9 Å². The molecule has 0 unspecified atom stereocenters. The summed E-state index contributed by atoms with van der Waals surface area (Å²) in [5, 5.41) is 4.17. The van der Waals surface area contributed by atoms with Gasteiger partial charge in [0.05, 0.1) is 17.7 Å². The lowest BCUT2D eigenvalue weighted by Gasteiger charge is -2.28. The molecule has 4 rings (SSSR count). The van der Waals surface area contributed by atoms with Crippen LogP contribution >= 0.6 is 0 Å². The molecule has 1 aromatic heterocycles. The number of aromatic nitrogens is 2. The molecule has 1 fully saturated rings. The van der Waals surface area contributed by atoms with Crippen molar-refractivity contribution in [3.8, 4) is 22.6 Å². The third-order valence-corrected chi connectivity index (χ3v) is 6.44. The molecule has 30 heavy (non-hydrogen) atoms. The summed E-state index contributed by atoms with van der Waals surface area (Å²) in [4.78, 5) is 2.01. The van der Waals surface area contributed by atoms with Crippen molar-refractivity contribution in [3.63, 3.8) is 0 Å². The fourth-order valence-corrected chi connectivity index (χ4v) is 4.50. The summed E-state index contributed by atoms with van der Waals surface area (Å²) in [5.41, 5.74) is 2.66. The summed E-state index contributed by atoms with van der Waals surface area (Å²) >= 11 is 0. The third-order valence-electron chi connectivity index (χ3n) is 4.83. The summed E-state index contributed by atoms with van der Waals surface area (Å²) < 4.78 is 66.5. The van der Waals surface area contributed by atoms with Crippen molar-refractivity contribution in [2.45, 2.75) is 6.36 Å². The van der Waals surface area contributed by atoms with Gasteiger partial charge in [-0.25, -0.2) is 13.1 Å². The summed E-state index contributed by atoms with van der Waals surface area (Å²) in [5.74, 6) is -0.0583. The number of hydrogen-bond acceptors (Lipinski definition) is 5. The smallest absolute Gasteiger partial charge is 0.403 e. The van der Waals surface area contributed by atoms with E-state index < -0.39 is 16.2 Å². The molecule has 0 radical (unpaired) electrons. The fourth-order valence-electron chi connectivity index (χ4n) is 3.30. The lowest BCUT2D eigenvalue weighted by atomic mass is 10.1. The number of rotatable bonds is 4. The summed E-state index contributed by atoms with van der Waals surface area (Å²) in [7, 11) is -2.95. The SMILES string of the molecule is O=S1(=O)CCN(c2ccc(-c3cnn(-c4ccccc4OC(F)(F)F)c3)cc2)CC1. The second kappa shape index (κ2) is 7.67. The number of para-hydroxylation sites is 2. The Morgan fingerprint density at radius 2 is 1.60 bits per heavy atom. The predicted octanol–water partition coefficient (Wildman–Crippen LogP) is 3.67. The van der Waals surface area contributed by atoms with Crippen molar-refractivity contribution in [2.75, 3.05) is 29.5 Å². The van der Waals surface area contributed by atoms with E-state index in [1.54, 1.807) is 18.5 Å². The van der Waals surface area contributed by atoms with Crippen molar-refractivity contribution in [1.82, 2.24) is 9.78 Å². The fraction of sp³-hybridized carbons (Fsp3) is 0.250. The summed E-state index contributed by atoms with van der Waals surface area (Å²) in [6, 6.07) is 13.3. The van der Waals surface area contributed by atoms with Crippen LogP contribution < -0.4 is 9.64 Å². The first-order valence-electron chi connectivity index (χ1n) is 9.16. The van der Waals surface area contributed by atoms with Crippen LogP contribution in [0.4, 0.5) is 18.9 Å². The average molecular weight is 437 g/mol. The molecule has 0 amide bonds. The zero-order valence-corrected chi connectivity index (χ0v) is 16.5. The lowest BCUT2D eigenvalue weighted by molar-refractivity contribution is -0.274. The van der Waals surface area contributed by atoms with Crippen LogP contribution in [0.15, 0.2) is 60.9 Å².